The smallest absolute Gasteiger partial charge is 0.261 e. The summed E-state index contributed by atoms with van der Waals surface area (Å²) in [6, 6.07) is 20.3. The average Bonchev–Trinajstić information content (AvgIpc) is 3.12. The lowest BCUT2D eigenvalue weighted by Gasteiger charge is -2.13. The van der Waals surface area contributed by atoms with Crippen molar-refractivity contribution < 1.29 is 18.0 Å². The van der Waals surface area contributed by atoms with E-state index in [9.17, 15) is 18.0 Å². The number of rotatable bonds is 6. The molecule has 3 aromatic rings. The molecule has 2 amide bonds. The second-order valence-corrected chi connectivity index (χ2v) is 8.55. The van der Waals surface area contributed by atoms with Crippen LogP contribution >= 0.6 is 0 Å². The molecule has 0 saturated carbocycles. The fourth-order valence-corrected chi connectivity index (χ4v) is 4.35. The Balaban J connectivity index is 1.54. The van der Waals surface area contributed by atoms with Crippen LogP contribution in [0.25, 0.3) is 0 Å². The van der Waals surface area contributed by atoms with E-state index in [1.54, 1.807) is 24.3 Å². The molecule has 0 saturated heterocycles. The first-order valence-electron chi connectivity index (χ1n) is 9.29. The Morgan fingerprint density at radius 2 is 1.70 bits per heavy atom. The predicted octanol–water partition coefficient (Wildman–Crippen LogP) is 2.91. The molecule has 8 heteroatoms. The minimum absolute atomic E-state index is 0.0252. The zero-order valence-electron chi connectivity index (χ0n) is 15.9. The molecule has 3 N–H and O–H groups in total. The third kappa shape index (κ3) is 4.18. The summed E-state index contributed by atoms with van der Waals surface area (Å²) in [5, 5.41) is 5.47. The molecule has 0 aromatic heterocycles. The maximum Gasteiger partial charge on any atom is 0.261 e. The average molecular weight is 421 g/mol. The van der Waals surface area contributed by atoms with Crippen molar-refractivity contribution in [2.45, 2.75) is 17.9 Å². The second kappa shape index (κ2) is 8.00. The van der Waals surface area contributed by atoms with Gasteiger partial charge in [0, 0.05) is 12.2 Å². The lowest BCUT2D eigenvalue weighted by atomic mass is 10.1. The third-order valence-corrected chi connectivity index (χ3v) is 6.09. The van der Waals surface area contributed by atoms with Crippen LogP contribution in [0, 0.1) is 0 Å². The van der Waals surface area contributed by atoms with Gasteiger partial charge in [-0.2, -0.15) is 0 Å². The Morgan fingerprint density at radius 1 is 0.967 bits per heavy atom. The van der Waals surface area contributed by atoms with E-state index in [-0.39, 0.29) is 34.4 Å². The quantitative estimate of drug-likeness (QED) is 0.569. The normalized spacial score (nSPS) is 12.7. The molecule has 0 spiro atoms. The second-order valence-electron chi connectivity index (χ2n) is 6.86. The summed E-state index contributed by atoms with van der Waals surface area (Å²) in [4.78, 5) is 24.2. The van der Waals surface area contributed by atoms with Crippen molar-refractivity contribution in [1.29, 1.82) is 0 Å². The zero-order chi connectivity index (χ0) is 21.1. The molecule has 1 aliphatic heterocycles. The van der Waals surface area contributed by atoms with Gasteiger partial charge in [-0.15, -0.1) is 0 Å². The van der Waals surface area contributed by atoms with Crippen LogP contribution in [0.1, 0.15) is 21.5 Å². The van der Waals surface area contributed by atoms with Gasteiger partial charge in [0.25, 0.3) is 15.9 Å². The van der Waals surface area contributed by atoms with E-state index < -0.39 is 10.0 Å². The Labute approximate surface area is 174 Å². The SMILES string of the molecule is O=C1Cc2cc(S(=O)(=O)Nc3ccccc3C(=O)NCc3ccccc3)ccc2N1. The van der Waals surface area contributed by atoms with E-state index in [0.29, 0.717) is 17.8 Å². The van der Waals surface area contributed by atoms with E-state index >= 15 is 0 Å². The molecule has 0 bridgehead atoms. The highest BCUT2D eigenvalue weighted by atomic mass is 32.2. The Kier molecular flexibility index (Phi) is 5.24. The Bertz CT molecular complexity index is 1220. The van der Waals surface area contributed by atoms with Crippen molar-refractivity contribution in [2.24, 2.45) is 0 Å². The van der Waals surface area contributed by atoms with Crippen molar-refractivity contribution in [3.63, 3.8) is 0 Å². The van der Waals surface area contributed by atoms with Crippen LogP contribution in [-0.2, 0) is 27.8 Å². The van der Waals surface area contributed by atoms with E-state index in [2.05, 4.69) is 15.4 Å². The first kappa shape index (κ1) is 19.7. The minimum atomic E-state index is -3.94. The molecule has 0 fully saturated rings. The summed E-state index contributed by atoms with van der Waals surface area (Å²) in [6.07, 6.45) is 0.136. The number of carbonyl (C=O) groups excluding carboxylic acids is 2. The lowest BCUT2D eigenvalue weighted by Crippen LogP contribution is -2.25. The molecule has 4 rings (SSSR count). The molecule has 1 aliphatic rings. The Hall–Kier alpha value is -3.65. The van der Waals surface area contributed by atoms with Gasteiger partial charge in [0.15, 0.2) is 0 Å². The highest BCUT2D eigenvalue weighted by Crippen LogP contribution is 2.27. The summed E-state index contributed by atoms with van der Waals surface area (Å²) in [6.45, 7) is 0.326. The topological polar surface area (TPSA) is 104 Å². The van der Waals surface area contributed by atoms with Crippen LogP contribution in [0.4, 0.5) is 11.4 Å². The summed E-state index contributed by atoms with van der Waals surface area (Å²) in [7, 11) is -3.94. The summed E-state index contributed by atoms with van der Waals surface area (Å²) >= 11 is 0. The minimum Gasteiger partial charge on any atom is -0.348 e. The van der Waals surface area contributed by atoms with Crippen molar-refractivity contribution in [2.75, 3.05) is 10.0 Å². The summed E-state index contributed by atoms with van der Waals surface area (Å²) < 4.78 is 28.3. The van der Waals surface area contributed by atoms with Crippen LogP contribution in [0.15, 0.2) is 77.7 Å². The molecule has 152 valence electrons. The van der Waals surface area contributed by atoms with Crippen molar-refractivity contribution in [3.8, 4) is 0 Å². The van der Waals surface area contributed by atoms with Gasteiger partial charge in [-0.3, -0.25) is 14.3 Å². The monoisotopic (exact) mass is 421 g/mol. The van der Waals surface area contributed by atoms with E-state index in [4.69, 9.17) is 0 Å². The summed E-state index contributed by atoms with van der Waals surface area (Å²) in [5.74, 6) is -0.561. The third-order valence-electron chi connectivity index (χ3n) is 4.72. The molecule has 3 aromatic carbocycles. The standard InChI is InChI=1S/C22H19N3O4S/c26-21-13-16-12-17(10-11-19(16)24-21)30(28,29)25-20-9-5-4-8-18(20)22(27)23-14-15-6-2-1-3-7-15/h1-12,25H,13-14H2,(H,23,27)(H,24,26). The van der Waals surface area contributed by atoms with Gasteiger partial charge in [-0.1, -0.05) is 42.5 Å². The van der Waals surface area contributed by atoms with Gasteiger partial charge in [0.1, 0.15) is 0 Å². The van der Waals surface area contributed by atoms with E-state index in [1.807, 2.05) is 30.3 Å². The highest BCUT2D eigenvalue weighted by molar-refractivity contribution is 7.92. The van der Waals surface area contributed by atoms with Crippen molar-refractivity contribution in [3.05, 3.63) is 89.5 Å². The van der Waals surface area contributed by atoms with Crippen molar-refractivity contribution >= 4 is 33.2 Å². The van der Waals surface area contributed by atoms with Gasteiger partial charge < -0.3 is 10.6 Å². The van der Waals surface area contributed by atoms with Gasteiger partial charge in [-0.05, 0) is 41.5 Å². The highest BCUT2D eigenvalue weighted by Gasteiger charge is 2.23. The molecule has 0 radical (unpaired) electrons. The molecule has 1 heterocycles. The van der Waals surface area contributed by atoms with Crippen LogP contribution in [-0.4, -0.2) is 20.2 Å². The number of amides is 2. The van der Waals surface area contributed by atoms with Gasteiger partial charge in [0.2, 0.25) is 5.91 Å². The molecular formula is C22H19N3O4S. The van der Waals surface area contributed by atoms with Crippen LogP contribution in [0.3, 0.4) is 0 Å². The maximum atomic E-state index is 12.9. The van der Waals surface area contributed by atoms with Crippen molar-refractivity contribution in [1.82, 2.24) is 5.32 Å². The number of anilines is 2. The number of hydrogen-bond acceptors (Lipinski definition) is 4. The zero-order valence-corrected chi connectivity index (χ0v) is 16.7. The molecule has 30 heavy (non-hydrogen) atoms. The van der Waals surface area contributed by atoms with Gasteiger partial charge in [-0.25, -0.2) is 8.42 Å². The van der Waals surface area contributed by atoms with Crippen LogP contribution in [0.5, 0.6) is 0 Å². The Morgan fingerprint density at radius 3 is 2.50 bits per heavy atom. The molecule has 0 atom stereocenters. The molecular weight excluding hydrogens is 402 g/mol. The first-order chi connectivity index (χ1) is 14.4. The largest absolute Gasteiger partial charge is 0.348 e. The van der Waals surface area contributed by atoms with E-state index in [1.165, 1.54) is 18.2 Å². The number of para-hydroxylation sites is 1. The van der Waals surface area contributed by atoms with Crippen LogP contribution in [0.2, 0.25) is 0 Å². The number of fused-ring (bicyclic) bond motifs is 1. The molecule has 0 aliphatic carbocycles. The number of hydrogen-bond donors (Lipinski definition) is 3. The van der Waals surface area contributed by atoms with Gasteiger partial charge >= 0.3 is 0 Å². The van der Waals surface area contributed by atoms with Crippen LogP contribution < -0.4 is 15.4 Å². The van der Waals surface area contributed by atoms with Gasteiger partial charge in [0.05, 0.1) is 22.6 Å². The fraction of sp³-hybridized carbons (Fsp3) is 0.0909. The first-order valence-corrected chi connectivity index (χ1v) is 10.8. The molecule has 0 unspecified atom stereocenters. The number of nitrogens with one attached hydrogen (secondary N) is 3. The maximum absolute atomic E-state index is 12.9. The fourth-order valence-electron chi connectivity index (χ4n) is 3.22. The number of benzene rings is 3. The van der Waals surface area contributed by atoms with E-state index in [0.717, 1.165) is 5.56 Å². The predicted molar refractivity (Wildman–Crippen MR) is 114 cm³/mol. The number of carbonyl (C=O) groups is 2. The summed E-state index contributed by atoms with van der Waals surface area (Å²) in [5.41, 5.74) is 2.56. The molecule has 7 nitrogen and oxygen atoms in total. The number of sulfonamides is 1. The lowest BCUT2D eigenvalue weighted by molar-refractivity contribution is -0.115.